The Bertz CT molecular complexity index is 914. The van der Waals surface area contributed by atoms with Crippen LogP contribution in [0.4, 0.5) is 14.5 Å². The first-order chi connectivity index (χ1) is 12.0. The van der Waals surface area contributed by atoms with Crippen molar-refractivity contribution < 1.29 is 13.6 Å². The van der Waals surface area contributed by atoms with Gasteiger partial charge in [-0.1, -0.05) is 30.3 Å². The predicted molar refractivity (Wildman–Crippen MR) is 90.3 cm³/mol. The Morgan fingerprint density at radius 2 is 1.88 bits per heavy atom. The van der Waals surface area contributed by atoms with E-state index in [0.29, 0.717) is 24.0 Å². The third-order valence-electron chi connectivity index (χ3n) is 3.66. The standard InChI is InChI=1S/C19H15F2N3O/c1-12-15(19(25)24-17-8-7-14(20)10-16(17)21)11-22-18(23-12)9-13-5-3-2-4-6-13/h2-8,10-11H,9H2,1H3,(H,24,25). The number of aromatic nitrogens is 2. The van der Waals surface area contributed by atoms with Gasteiger partial charge in [0.1, 0.15) is 17.5 Å². The van der Waals surface area contributed by atoms with Crippen LogP contribution in [0.3, 0.4) is 0 Å². The SMILES string of the molecule is Cc1nc(Cc2ccccc2)ncc1C(=O)Nc1ccc(F)cc1F. The third kappa shape index (κ3) is 4.03. The van der Waals surface area contributed by atoms with Gasteiger partial charge < -0.3 is 5.32 Å². The van der Waals surface area contributed by atoms with E-state index in [4.69, 9.17) is 0 Å². The molecule has 0 radical (unpaired) electrons. The Kier molecular flexibility index (Phi) is 4.79. The van der Waals surface area contributed by atoms with Gasteiger partial charge in [-0.2, -0.15) is 0 Å². The van der Waals surface area contributed by atoms with Crippen molar-refractivity contribution in [1.82, 2.24) is 9.97 Å². The Morgan fingerprint density at radius 3 is 2.56 bits per heavy atom. The van der Waals surface area contributed by atoms with Gasteiger partial charge in [-0.25, -0.2) is 18.7 Å². The number of anilines is 1. The molecular weight excluding hydrogens is 324 g/mol. The van der Waals surface area contributed by atoms with Crippen molar-refractivity contribution in [2.24, 2.45) is 0 Å². The lowest BCUT2D eigenvalue weighted by Crippen LogP contribution is -2.16. The second-order valence-electron chi connectivity index (χ2n) is 5.53. The van der Waals surface area contributed by atoms with E-state index in [9.17, 15) is 13.6 Å². The molecule has 1 aromatic heterocycles. The number of carbonyl (C=O) groups is 1. The van der Waals surface area contributed by atoms with E-state index in [2.05, 4.69) is 15.3 Å². The zero-order valence-electron chi connectivity index (χ0n) is 13.5. The minimum Gasteiger partial charge on any atom is -0.319 e. The van der Waals surface area contributed by atoms with Gasteiger partial charge in [0.05, 0.1) is 16.9 Å². The molecule has 0 fully saturated rings. The lowest BCUT2D eigenvalue weighted by atomic mass is 10.1. The average molecular weight is 339 g/mol. The topological polar surface area (TPSA) is 54.9 Å². The maximum absolute atomic E-state index is 13.6. The Hall–Kier alpha value is -3.15. The third-order valence-corrected chi connectivity index (χ3v) is 3.66. The summed E-state index contributed by atoms with van der Waals surface area (Å²) in [6, 6.07) is 12.7. The molecule has 0 aliphatic rings. The lowest BCUT2D eigenvalue weighted by Gasteiger charge is -2.09. The number of amides is 1. The molecule has 1 heterocycles. The van der Waals surface area contributed by atoms with Crippen molar-refractivity contribution in [2.45, 2.75) is 13.3 Å². The molecule has 0 aliphatic carbocycles. The summed E-state index contributed by atoms with van der Waals surface area (Å²) in [6.07, 6.45) is 1.97. The van der Waals surface area contributed by atoms with Crippen molar-refractivity contribution in [3.63, 3.8) is 0 Å². The fourth-order valence-corrected chi connectivity index (χ4v) is 2.38. The highest BCUT2D eigenvalue weighted by Crippen LogP contribution is 2.17. The largest absolute Gasteiger partial charge is 0.319 e. The number of rotatable bonds is 4. The minimum absolute atomic E-state index is 0.0980. The first-order valence-electron chi connectivity index (χ1n) is 7.66. The zero-order valence-corrected chi connectivity index (χ0v) is 13.5. The molecule has 0 aliphatic heterocycles. The van der Waals surface area contributed by atoms with Gasteiger partial charge in [-0.3, -0.25) is 4.79 Å². The van der Waals surface area contributed by atoms with Crippen molar-refractivity contribution in [1.29, 1.82) is 0 Å². The summed E-state index contributed by atoms with van der Waals surface area (Å²) >= 11 is 0. The number of benzene rings is 2. The van der Waals surface area contributed by atoms with E-state index < -0.39 is 17.5 Å². The predicted octanol–water partition coefficient (Wildman–Crippen LogP) is 3.91. The van der Waals surface area contributed by atoms with Gasteiger partial charge in [0.15, 0.2) is 0 Å². The lowest BCUT2D eigenvalue weighted by molar-refractivity contribution is 0.102. The maximum atomic E-state index is 13.6. The van der Waals surface area contributed by atoms with Crippen molar-refractivity contribution >= 4 is 11.6 Å². The van der Waals surface area contributed by atoms with E-state index in [-0.39, 0.29) is 11.3 Å². The first kappa shape index (κ1) is 16.7. The molecule has 1 amide bonds. The van der Waals surface area contributed by atoms with Crippen LogP contribution in [0.15, 0.2) is 54.7 Å². The number of aryl methyl sites for hydroxylation is 1. The average Bonchev–Trinajstić information content (AvgIpc) is 2.58. The Labute approximate surface area is 143 Å². The van der Waals surface area contributed by atoms with Gasteiger partial charge in [0.2, 0.25) is 0 Å². The van der Waals surface area contributed by atoms with Crippen LogP contribution in [0.25, 0.3) is 0 Å². The molecule has 3 aromatic rings. The quantitative estimate of drug-likeness (QED) is 0.784. The summed E-state index contributed by atoms with van der Waals surface area (Å²) in [5, 5.41) is 2.40. The molecule has 0 spiro atoms. The van der Waals surface area contributed by atoms with E-state index >= 15 is 0 Å². The summed E-state index contributed by atoms with van der Waals surface area (Å²) in [5.74, 6) is -1.50. The van der Waals surface area contributed by atoms with Gasteiger partial charge >= 0.3 is 0 Å². The summed E-state index contributed by atoms with van der Waals surface area (Å²) in [6.45, 7) is 1.69. The molecule has 1 N–H and O–H groups in total. The van der Waals surface area contributed by atoms with E-state index in [1.165, 1.54) is 12.3 Å². The highest BCUT2D eigenvalue weighted by atomic mass is 19.1. The van der Waals surface area contributed by atoms with Gasteiger partial charge in [0, 0.05) is 18.7 Å². The molecule has 0 saturated carbocycles. The van der Waals surface area contributed by atoms with E-state index in [0.717, 1.165) is 11.6 Å². The summed E-state index contributed by atoms with van der Waals surface area (Å²) in [4.78, 5) is 20.8. The minimum atomic E-state index is -0.840. The number of nitrogens with one attached hydrogen (secondary N) is 1. The molecule has 0 unspecified atom stereocenters. The van der Waals surface area contributed by atoms with Crippen LogP contribution in [-0.4, -0.2) is 15.9 Å². The fraction of sp³-hybridized carbons (Fsp3) is 0.105. The van der Waals surface area contributed by atoms with E-state index in [1.54, 1.807) is 6.92 Å². The highest BCUT2D eigenvalue weighted by molar-refractivity contribution is 6.04. The smallest absolute Gasteiger partial charge is 0.259 e. The van der Waals surface area contributed by atoms with Gasteiger partial charge in [-0.15, -0.1) is 0 Å². The highest BCUT2D eigenvalue weighted by Gasteiger charge is 2.14. The van der Waals surface area contributed by atoms with Gasteiger partial charge in [-0.05, 0) is 24.6 Å². The second-order valence-corrected chi connectivity index (χ2v) is 5.53. The zero-order chi connectivity index (χ0) is 17.8. The number of halogens is 2. The van der Waals surface area contributed by atoms with Crippen LogP contribution >= 0.6 is 0 Å². The number of hydrogen-bond donors (Lipinski definition) is 1. The van der Waals surface area contributed by atoms with Crippen LogP contribution in [0.1, 0.15) is 27.4 Å². The number of nitrogens with zero attached hydrogens (tertiary/aromatic N) is 2. The van der Waals surface area contributed by atoms with Gasteiger partial charge in [0.25, 0.3) is 5.91 Å². The maximum Gasteiger partial charge on any atom is 0.259 e. The molecule has 25 heavy (non-hydrogen) atoms. The molecule has 6 heteroatoms. The van der Waals surface area contributed by atoms with Crippen LogP contribution in [0, 0.1) is 18.6 Å². The van der Waals surface area contributed by atoms with Crippen molar-refractivity contribution in [2.75, 3.05) is 5.32 Å². The Balaban J connectivity index is 1.77. The summed E-state index contributed by atoms with van der Waals surface area (Å²) in [7, 11) is 0. The van der Waals surface area contributed by atoms with E-state index in [1.807, 2.05) is 30.3 Å². The fourth-order valence-electron chi connectivity index (χ4n) is 2.38. The molecule has 3 rings (SSSR count). The molecule has 0 bridgehead atoms. The molecule has 0 saturated heterocycles. The summed E-state index contributed by atoms with van der Waals surface area (Å²) in [5.41, 5.74) is 1.69. The molecule has 4 nitrogen and oxygen atoms in total. The monoisotopic (exact) mass is 339 g/mol. The number of carbonyl (C=O) groups excluding carboxylic acids is 1. The number of hydrogen-bond acceptors (Lipinski definition) is 3. The van der Waals surface area contributed by atoms with Crippen LogP contribution < -0.4 is 5.32 Å². The Morgan fingerprint density at radius 1 is 1.12 bits per heavy atom. The second kappa shape index (κ2) is 7.17. The normalized spacial score (nSPS) is 10.5. The first-order valence-corrected chi connectivity index (χ1v) is 7.66. The molecular formula is C19H15F2N3O. The van der Waals surface area contributed by atoms with Crippen molar-refractivity contribution in [3.05, 3.63) is 89.0 Å². The molecule has 2 aromatic carbocycles. The summed E-state index contributed by atoms with van der Waals surface area (Å²) < 4.78 is 26.6. The van der Waals surface area contributed by atoms with Crippen LogP contribution in [-0.2, 0) is 6.42 Å². The van der Waals surface area contributed by atoms with Crippen LogP contribution in [0.2, 0.25) is 0 Å². The molecule has 126 valence electrons. The molecule has 0 atom stereocenters. The van der Waals surface area contributed by atoms with Crippen molar-refractivity contribution in [3.8, 4) is 0 Å². The van der Waals surface area contributed by atoms with Crippen LogP contribution in [0.5, 0.6) is 0 Å².